The zero-order chi connectivity index (χ0) is 17.6. The molecule has 1 aromatic heterocycles. The summed E-state index contributed by atoms with van der Waals surface area (Å²) in [6, 6.07) is 9.25. The molecule has 0 radical (unpaired) electrons. The Labute approximate surface area is 156 Å². The zero-order valence-electron chi connectivity index (χ0n) is 15.8. The molecule has 2 heterocycles. The molecule has 0 bridgehead atoms. The summed E-state index contributed by atoms with van der Waals surface area (Å²) in [5.74, 6) is 0. The lowest BCUT2D eigenvalue weighted by molar-refractivity contribution is 0.248. The Morgan fingerprint density at radius 1 is 1.08 bits per heavy atom. The van der Waals surface area contributed by atoms with Gasteiger partial charge in [-0.05, 0) is 80.5 Å². The molecule has 0 aliphatic carbocycles. The van der Waals surface area contributed by atoms with Gasteiger partial charge in [0.05, 0.1) is 0 Å². The van der Waals surface area contributed by atoms with Crippen LogP contribution in [0.4, 0.5) is 0 Å². The lowest BCUT2D eigenvalue weighted by atomic mass is 9.94. The van der Waals surface area contributed by atoms with Gasteiger partial charge in [-0.1, -0.05) is 18.6 Å². The van der Waals surface area contributed by atoms with Crippen molar-refractivity contribution in [2.24, 2.45) is 4.99 Å². The summed E-state index contributed by atoms with van der Waals surface area (Å²) >= 11 is 1.88. The minimum Gasteiger partial charge on any atom is -0.299 e. The van der Waals surface area contributed by atoms with Crippen molar-refractivity contribution < 1.29 is 0 Å². The number of benzene rings is 1. The standard InChI is InChI=1S/C22H30N2S/c1-17-13-19-10-12-24(16-20(19)14-18(17)2)11-6-4-5-7-21-8-9-22(25-21)15-23-3/h8-9,13-15H,4-7,10-12,16H2,1-3H3. The van der Waals surface area contributed by atoms with Crippen molar-refractivity contribution in [3.8, 4) is 0 Å². The van der Waals surface area contributed by atoms with Crippen molar-refractivity contribution in [1.29, 1.82) is 0 Å². The Hall–Kier alpha value is -1.45. The third-order valence-electron chi connectivity index (χ3n) is 5.24. The minimum atomic E-state index is 1.14. The van der Waals surface area contributed by atoms with Gasteiger partial charge < -0.3 is 0 Å². The number of nitrogens with zero attached hydrogens (tertiary/aromatic N) is 2. The van der Waals surface area contributed by atoms with E-state index in [0.29, 0.717) is 0 Å². The van der Waals surface area contributed by atoms with E-state index < -0.39 is 0 Å². The van der Waals surface area contributed by atoms with Gasteiger partial charge in [0.1, 0.15) is 0 Å². The summed E-state index contributed by atoms with van der Waals surface area (Å²) in [7, 11) is 1.83. The van der Waals surface area contributed by atoms with Gasteiger partial charge in [0, 0.05) is 36.1 Å². The molecule has 0 saturated heterocycles. The molecule has 134 valence electrons. The lowest BCUT2D eigenvalue weighted by Crippen LogP contribution is -2.31. The molecule has 0 saturated carbocycles. The van der Waals surface area contributed by atoms with E-state index >= 15 is 0 Å². The highest BCUT2D eigenvalue weighted by atomic mass is 32.1. The first-order valence-corrected chi connectivity index (χ1v) is 10.3. The van der Waals surface area contributed by atoms with Crippen LogP contribution < -0.4 is 0 Å². The van der Waals surface area contributed by atoms with Gasteiger partial charge in [0.15, 0.2) is 0 Å². The first kappa shape index (κ1) is 18.3. The van der Waals surface area contributed by atoms with Gasteiger partial charge in [0.25, 0.3) is 0 Å². The van der Waals surface area contributed by atoms with Crippen molar-refractivity contribution in [3.63, 3.8) is 0 Å². The number of aliphatic imine (C=N–C) groups is 1. The van der Waals surface area contributed by atoms with E-state index in [-0.39, 0.29) is 0 Å². The van der Waals surface area contributed by atoms with E-state index in [2.05, 4.69) is 48.0 Å². The van der Waals surface area contributed by atoms with Crippen LogP contribution in [0.3, 0.4) is 0 Å². The Kier molecular flexibility index (Phi) is 6.44. The molecule has 25 heavy (non-hydrogen) atoms. The highest BCUT2D eigenvalue weighted by Crippen LogP contribution is 2.23. The van der Waals surface area contributed by atoms with Crippen molar-refractivity contribution in [2.45, 2.75) is 52.5 Å². The van der Waals surface area contributed by atoms with Gasteiger partial charge in [0.2, 0.25) is 0 Å². The summed E-state index contributed by atoms with van der Waals surface area (Å²) in [6.07, 6.45) is 8.31. The average molecular weight is 355 g/mol. The van der Waals surface area contributed by atoms with Gasteiger partial charge in [-0.25, -0.2) is 0 Å². The van der Waals surface area contributed by atoms with Crippen LogP contribution in [0, 0.1) is 13.8 Å². The molecule has 0 unspecified atom stereocenters. The number of rotatable bonds is 7. The molecule has 1 aliphatic heterocycles. The van der Waals surface area contributed by atoms with Crippen LogP contribution in [0.5, 0.6) is 0 Å². The highest BCUT2D eigenvalue weighted by Gasteiger charge is 2.16. The number of aryl methyl sites for hydroxylation is 3. The first-order valence-electron chi connectivity index (χ1n) is 9.48. The van der Waals surface area contributed by atoms with Crippen LogP contribution in [-0.4, -0.2) is 31.3 Å². The predicted octanol–water partition coefficient (Wildman–Crippen LogP) is 5.18. The summed E-state index contributed by atoms with van der Waals surface area (Å²) in [5.41, 5.74) is 6.00. The van der Waals surface area contributed by atoms with Crippen molar-refractivity contribution in [3.05, 3.63) is 56.3 Å². The van der Waals surface area contributed by atoms with Crippen LogP contribution in [-0.2, 0) is 19.4 Å². The second-order valence-electron chi connectivity index (χ2n) is 7.23. The smallest absolute Gasteiger partial charge is 0.0451 e. The molecule has 0 fully saturated rings. The molecule has 1 aromatic carbocycles. The summed E-state index contributed by atoms with van der Waals surface area (Å²) < 4.78 is 0. The Morgan fingerprint density at radius 2 is 1.88 bits per heavy atom. The molecule has 0 N–H and O–H groups in total. The molecule has 0 amide bonds. The lowest BCUT2D eigenvalue weighted by Gasteiger charge is -2.29. The monoisotopic (exact) mass is 354 g/mol. The maximum Gasteiger partial charge on any atom is 0.0451 e. The van der Waals surface area contributed by atoms with Crippen molar-refractivity contribution >= 4 is 17.6 Å². The average Bonchev–Trinajstić information content (AvgIpc) is 3.04. The number of fused-ring (bicyclic) bond motifs is 1. The molecule has 0 spiro atoms. The topological polar surface area (TPSA) is 15.6 Å². The third kappa shape index (κ3) is 5.02. The van der Waals surface area contributed by atoms with E-state index in [1.165, 1.54) is 66.1 Å². The van der Waals surface area contributed by atoms with Crippen LogP contribution in [0.1, 0.15) is 51.3 Å². The molecule has 2 aromatic rings. The zero-order valence-corrected chi connectivity index (χ0v) is 16.7. The molecule has 3 rings (SSSR count). The Bertz CT molecular complexity index is 730. The molecular weight excluding hydrogens is 324 g/mol. The SMILES string of the molecule is CN=Cc1ccc(CCCCCN2CCc3cc(C)c(C)cc3C2)s1. The van der Waals surface area contributed by atoms with Crippen LogP contribution >= 0.6 is 11.3 Å². The molecule has 1 aliphatic rings. The first-order chi connectivity index (χ1) is 12.2. The van der Waals surface area contributed by atoms with Crippen LogP contribution in [0.2, 0.25) is 0 Å². The van der Waals surface area contributed by atoms with E-state index in [1.54, 1.807) is 11.1 Å². The Balaban J connectivity index is 1.38. The number of unbranched alkanes of at least 4 members (excludes halogenated alkanes) is 2. The van der Waals surface area contributed by atoms with E-state index in [1.807, 2.05) is 24.6 Å². The van der Waals surface area contributed by atoms with Gasteiger partial charge in [-0.3, -0.25) is 9.89 Å². The minimum absolute atomic E-state index is 1.14. The maximum atomic E-state index is 4.09. The van der Waals surface area contributed by atoms with E-state index in [0.717, 1.165) is 6.54 Å². The maximum absolute atomic E-state index is 4.09. The molecule has 0 atom stereocenters. The number of thiophene rings is 1. The Morgan fingerprint density at radius 3 is 2.68 bits per heavy atom. The quantitative estimate of drug-likeness (QED) is 0.494. The summed E-state index contributed by atoms with van der Waals surface area (Å²) in [5, 5.41) is 0. The highest BCUT2D eigenvalue weighted by molar-refractivity contribution is 7.13. The van der Waals surface area contributed by atoms with Crippen LogP contribution in [0.25, 0.3) is 0 Å². The normalized spacial score (nSPS) is 15.0. The number of hydrogen-bond donors (Lipinski definition) is 0. The van der Waals surface area contributed by atoms with Crippen molar-refractivity contribution in [1.82, 2.24) is 4.90 Å². The van der Waals surface area contributed by atoms with Crippen molar-refractivity contribution in [2.75, 3.05) is 20.1 Å². The molecule has 2 nitrogen and oxygen atoms in total. The van der Waals surface area contributed by atoms with E-state index in [4.69, 9.17) is 0 Å². The largest absolute Gasteiger partial charge is 0.299 e. The fourth-order valence-corrected chi connectivity index (χ4v) is 4.62. The third-order valence-corrected chi connectivity index (χ3v) is 6.32. The van der Waals surface area contributed by atoms with Gasteiger partial charge in [-0.15, -0.1) is 11.3 Å². The van der Waals surface area contributed by atoms with Crippen LogP contribution in [0.15, 0.2) is 29.3 Å². The second kappa shape index (κ2) is 8.77. The predicted molar refractivity (Wildman–Crippen MR) is 110 cm³/mol. The van der Waals surface area contributed by atoms with E-state index in [9.17, 15) is 0 Å². The summed E-state index contributed by atoms with van der Waals surface area (Å²) in [6.45, 7) is 8.07. The number of hydrogen-bond acceptors (Lipinski definition) is 3. The second-order valence-corrected chi connectivity index (χ2v) is 8.43. The molecular formula is C22H30N2S. The van der Waals surface area contributed by atoms with Gasteiger partial charge in [-0.2, -0.15) is 0 Å². The van der Waals surface area contributed by atoms with Gasteiger partial charge >= 0.3 is 0 Å². The fourth-order valence-electron chi connectivity index (χ4n) is 3.64. The summed E-state index contributed by atoms with van der Waals surface area (Å²) in [4.78, 5) is 9.49. The fraction of sp³-hybridized carbons (Fsp3) is 0.500. The molecule has 3 heteroatoms.